The fourth-order valence-electron chi connectivity index (χ4n) is 5.49. The summed E-state index contributed by atoms with van der Waals surface area (Å²) in [5, 5.41) is 9.57. The van der Waals surface area contributed by atoms with E-state index in [1.54, 1.807) is 0 Å². The maximum absolute atomic E-state index is 12.2. The van der Waals surface area contributed by atoms with Gasteiger partial charge in [-0.15, -0.1) is 0 Å². The maximum atomic E-state index is 12.2. The summed E-state index contributed by atoms with van der Waals surface area (Å²) in [4.78, 5) is 24.3. The summed E-state index contributed by atoms with van der Waals surface area (Å²) in [5.41, 5.74) is 0. The zero-order chi connectivity index (χ0) is 40.7. The molecule has 0 rings (SSSR count). The normalized spacial score (nSPS) is 13.4. The zero-order valence-corrected chi connectivity index (χ0v) is 35.6. The Morgan fingerprint density at radius 2 is 0.714 bits per heavy atom. The van der Waals surface area contributed by atoms with Gasteiger partial charge in [0.05, 0.1) is 6.61 Å². The molecule has 0 aliphatic heterocycles. The van der Waals surface area contributed by atoms with Crippen LogP contribution in [0.3, 0.4) is 0 Å². The summed E-state index contributed by atoms with van der Waals surface area (Å²) in [5.74, 6) is -0.651. The van der Waals surface area contributed by atoms with Crippen molar-refractivity contribution >= 4 is 11.9 Å². The Morgan fingerprint density at radius 1 is 0.411 bits per heavy atom. The van der Waals surface area contributed by atoms with E-state index in [4.69, 9.17) is 9.47 Å². The van der Waals surface area contributed by atoms with Gasteiger partial charge < -0.3 is 14.6 Å². The Labute approximate surface area is 343 Å². The highest BCUT2D eigenvalue weighted by atomic mass is 16.6. The molecule has 0 aromatic rings. The fourth-order valence-corrected chi connectivity index (χ4v) is 5.49. The number of rotatable bonds is 38. The van der Waals surface area contributed by atoms with Crippen molar-refractivity contribution in [3.8, 4) is 0 Å². The summed E-state index contributed by atoms with van der Waals surface area (Å²) < 4.78 is 10.6. The Hall–Kier alpha value is -3.70. The van der Waals surface area contributed by atoms with E-state index in [1.807, 2.05) is 0 Å². The van der Waals surface area contributed by atoms with E-state index in [0.29, 0.717) is 12.8 Å². The van der Waals surface area contributed by atoms with E-state index in [9.17, 15) is 14.7 Å². The van der Waals surface area contributed by atoms with Crippen LogP contribution in [0.4, 0.5) is 0 Å². The van der Waals surface area contributed by atoms with Crippen molar-refractivity contribution in [1.82, 2.24) is 0 Å². The number of hydrogen-bond acceptors (Lipinski definition) is 5. The van der Waals surface area contributed by atoms with Crippen molar-refractivity contribution in [2.24, 2.45) is 0 Å². The minimum atomic E-state index is -0.798. The van der Waals surface area contributed by atoms with Crippen LogP contribution < -0.4 is 0 Å². The zero-order valence-electron chi connectivity index (χ0n) is 35.6. The molecule has 0 spiro atoms. The van der Waals surface area contributed by atoms with E-state index in [2.05, 4.69) is 135 Å². The van der Waals surface area contributed by atoms with Crippen LogP contribution >= 0.6 is 0 Å². The largest absolute Gasteiger partial charge is 0.462 e. The van der Waals surface area contributed by atoms with Crippen LogP contribution in [0.2, 0.25) is 0 Å². The molecule has 1 atom stereocenters. The van der Waals surface area contributed by atoms with Crippen molar-refractivity contribution < 1.29 is 24.2 Å². The number of carbonyl (C=O) groups is 2. The van der Waals surface area contributed by atoms with Gasteiger partial charge in [-0.1, -0.05) is 174 Å². The van der Waals surface area contributed by atoms with Crippen LogP contribution in [0.1, 0.15) is 168 Å². The van der Waals surface area contributed by atoms with E-state index in [1.165, 1.54) is 25.7 Å². The van der Waals surface area contributed by atoms with Crippen molar-refractivity contribution in [2.45, 2.75) is 174 Å². The van der Waals surface area contributed by atoms with Crippen LogP contribution in [-0.4, -0.2) is 36.4 Å². The summed E-state index contributed by atoms with van der Waals surface area (Å²) in [6.45, 7) is 3.85. The lowest BCUT2D eigenvalue weighted by molar-refractivity contribution is -0.161. The number of carbonyl (C=O) groups excluding carboxylic acids is 2. The molecular formula is C51H80O5. The number of allylic oxidation sites excluding steroid dienone is 20. The first kappa shape index (κ1) is 52.3. The standard InChI is InChI=1S/C51H80O5/c1-3-5-7-9-11-13-15-17-18-19-20-21-22-23-24-25-26-27-28-29-30-31-32-34-36-38-40-42-44-46-51(54)56-49(47-52)48-55-50(53)45-43-41-39-37-35-33-16-14-12-10-8-6-4-2/h5-8,11-14,17-18,20-21,23-24,26-27,29-30,33,35,49,52H,3-4,9-10,15-16,19,22,25,28,31-32,34,36-48H2,1-2H3/b7-5-,8-6-,13-11-,14-12-,18-17-,21-20-,24-23-,27-26-,30-29-,35-33-. The first-order valence-corrected chi connectivity index (χ1v) is 22.1. The lowest BCUT2D eigenvalue weighted by Gasteiger charge is -2.15. The maximum Gasteiger partial charge on any atom is 0.306 e. The van der Waals surface area contributed by atoms with Crippen LogP contribution in [0.25, 0.3) is 0 Å². The van der Waals surface area contributed by atoms with Crippen LogP contribution in [0.15, 0.2) is 122 Å². The molecule has 0 amide bonds. The third-order valence-corrected chi connectivity index (χ3v) is 8.75. The minimum absolute atomic E-state index is 0.0940. The van der Waals surface area contributed by atoms with Gasteiger partial charge in [0.2, 0.25) is 0 Å². The Balaban J connectivity index is 3.65. The summed E-state index contributed by atoms with van der Waals surface area (Å²) in [7, 11) is 0. The molecule has 0 aliphatic carbocycles. The van der Waals surface area contributed by atoms with Gasteiger partial charge in [-0.2, -0.15) is 0 Å². The van der Waals surface area contributed by atoms with Crippen molar-refractivity contribution in [3.63, 3.8) is 0 Å². The quantitative estimate of drug-likeness (QED) is 0.0384. The molecule has 1 unspecified atom stereocenters. The van der Waals surface area contributed by atoms with Crippen LogP contribution in [-0.2, 0) is 19.1 Å². The number of esters is 2. The molecule has 1 N–H and O–H groups in total. The number of hydrogen-bond donors (Lipinski definition) is 1. The molecule has 0 radical (unpaired) electrons. The van der Waals surface area contributed by atoms with E-state index in [0.717, 1.165) is 116 Å². The van der Waals surface area contributed by atoms with Crippen LogP contribution in [0.5, 0.6) is 0 Å². The van der Waals surface area contributed by atoms with Gasteiger partial charge in [-0.3, -0.25) is 9.59 Å². The van der Waals surface area contributed by atoms with Crippen LogP contribution in [0, 0.1) is 0 Å². The second-order valence-corrected chi connectivity index (χ2v) is 14.0. The molecule has 5 nitrogen and oxygen atoms in total. The van der Waals surface area contributed by atoms with Gasteiger partial charge >= 0.3 is 11.9 Å². The van der Waals surface area contributed by atoms with Gasteiger partial charge in [0, 0.05) is 12.8 Å². The van der Waals surface area contributed by atoms with Crippen molar-refractivity contribution in [3.05, 3.63) is 122 Å². The molecule has 0 saturated heterocycles. The average Bonchev–Trinajstić information content (AvgIpc) is 3.20. The predicted molar refractivity (Wildman–Crippen MR) is 241 cm³/mol. The number of unbranched alkanes of at least 4 members (excludes halogenated alkanes) is 10. The first-order valence-electron chi connectivity index (χ1n) is 22.1. The molecule has 56 heavy (non-hydrogen) atoms. The third kappa shape index (κ3) is 43.0. The molecule has 0 aromatic carbocycles. The highest BCUT2D eigenvalue weighted by Gasteiger charge is 2.16. The topological polar surface area (TPSA) is 72.8 Å². The lowest BCUT2D eigenvalue weighted by atomic mass is 10.1. The van der Waals surface area contributed by atoms with E-state index in [-0.39, 0.29) is 25.2 Å². The summed E-state index contributed by atoms with van der Waals surface area (Å²) >= 11 is 0. The molecule has 0 saturated carbocycles. The average molecular weight is 773 g/mol. The van der Waals surface area contributed by atoms with Gasteiger partial charge in [-0.05, 0) is 103 Å². The lowest BCUT2D eigenvalue weighted by Crippen LogP contribution is -2.28. The Kier molecular flexibility index (Phi) is 42.7. The Bertz CT molecular complexity index is 1190. The first-order chi connectivity index (χ1) is 27.6. The van der Waals surface area contributed by atoms with Gasteiger partial charge in [0.15, 0.2) is 6.10 Å². The summed E-state index contributed by atoms with van der Waals surface area (Å²) in [6.07, 6.45) is 67.0. The van der Waals surface area contributed by atoms with Crippen molar-refractivity contribution in [2.75, 3.05) is 13.2 Å². The van der Waals surface area contributed by atoms with E-state index < -0.39 is 6.10 Å². The predicted octanol–water partition coefficient (Wildman–Crippen LogP) is 14.4. The van der Waals surface area contributed by atoms with E-state index >= 15 is 0 Å². The molecule has 0 heterocycles. The second-order valence-electron chi connectivity index (χ2n) is 14.0. The minimum Gasteiger partial charge on any atom is -0.462 e. The third-order valence-electron chi connectivity index (χ3n) is 8.75. The highest BCUT2D eigenvalue weighted by molar-refractivity contribution is 5.70. The number of aliphatic hydroxyl groups excluding tert-OH is 1. The molecule has 0 aromatic heterocycles. The second kappa shape index (κ2) is 45.7. The number of aliphatic hydroxyl groups is 1. The smallest absolute Gasteiger partial charge is 0.306 e. The molecule has 0 bridgehead atoms. The number of ether oxygens (including phenoxy) is 2. The van der Waals surface area contributed by atoms with Crippen molar-refractivity contribution in [1.29, 1.82) is 0 Å². The fraction of sp³-hybridized carbons (Fsp3) is 0.569. The SMILES string of the molecule is CC/C=C\C/C=C\C/C=C\C/C=C\C/C=C\C/C=C\C/C=C\CCCCCCCCCC(=O)OC(CO)COC(=O)CCCCC/C=C\C/C=C\C/C=C\CC. The molecule has 5 heteroatoms. The monoisotopic (exact) mass is 773 g/mol. The summed E-state index contributed by atoms with van der Waals surface area (Å²) in [6, 6.07) is 0. The van der Waals surface area contributed by atoms with Gasteiger partial charge in [0.1, 0.15) is 6.61 Å². The van der Waals surface area contributed by atoms with Gasteiger partial charge in [0.25, 0.3) is 0 Å². The van der Waals surface area contributed by atoms with Gasteiger partial charge in [-0.25, -0.2) is 0 Å². The highest BCUT2D eigenvalue weighted by Crippen LogP contribution is 2.12. The molecular weight excluding hydrogens is 693 g/mol. The molecule has 314 valence electrons. The Morgan fingerprint density at radius 3 is 1.09 bits per heavy atom. The molecule has 0 fully saturated rings. The molecule has 0 aliphatic rings.